The van der Waals surface area contributed by atoms with Crippen LogP contribution in [-0.4, -0.2) is 9.55 Å². The fraction of sp³-hybridized carbons (Fsp3) is 0.188. The van der Waals surface area contributed by atoms with Crippen molar-refractivity contribution in [2.24, 2.45) is 7.05 Å². The van der Waals surface area contributed by atoms with Crippen molar-refractivity contribution in [1.82, 2.24) is 9.55 Å². The molecule has 1 aromatic heterocycles. The van der Waals surface area contributed by atoms with Crippen molar-refractivity contribution in [1.29, 1.82) is 0 Å². The third-order valence-corrected chi connectivity index (χ3v) is 3.67. The van der Waals surface area contributed by atoms with Crippen LogP contribution in [0, 0.1) is 6.92 Å². The quantitative estimate of drug-likeness (QED) is 0.783. The Morgan fingerprint density at radius 2 is 1.90 bits per heavy atom. The highest BCUT2D eigenvalue weighted by molar-refractivity contribution is 6.31. The van der Waals surface area contributed by atoms with Gasteiger partial charge in [-0.2, -0.15) is 0 Å². The van der Waals surface area contributed by atoms with Crippen LogP contribution in [0.3, 0.4) is 0 Å². The van der Waals surface area contributed by atoms with E-state index in [0.29, 0.717) is 6.54 Å². The van der Waals surface area contributed by atoms with Crippen LogP contribution in [0.2, 0.25) is 5.02 Å². The molecule has 0 unspecified atom stereocenters. The summed E-state index contributed by atoms with van der Waals surface area (Å²) in [4.78, 5) is 4.63. The van der Waals surface area contributed by atoms with Gasteiger partial charge in [-0.3, -0.25) is 0 Å². The number of halogens is 1. The highest BCUT2D eigenvalue weighted by Crippen LogP contribution is 2.20. The molecule has 4 heteroatoms. The van der Waals surface area contributed by atoms with Crippen LogP contribution in [0.15, 0.2) is 42.5 Å². The first-order chi connectivity index (χ1) is 9.63. The SMILES string of the molecule is Cc1ccc(NCc2nc3ccc(Cl)cc3n2C)cc1. The fourth-order valence-electron chi connectivity index (χ4n) is 2.22. The monoisotopic (exact) mass is 285 g/mol. The molecular formula is C16H16ClN3. The summed E-state index contributed by atoms with van der Waals surface area (Å²) < 4.78 is 2.07. The molecule has 0 spiro atoms. The Balaban J connectivity index is 1.84. The van der Waals surface area contributed by atoms with Gasteiger partial charge in [0.2, 0.25) is 0 Å². The molecule has 0 aliphatic heterocycles. The van der Waals surface area contributed by atoms with Gasteiger partial charge in [-0.15, -0.1) is 0 Å². The van der Waals surface area contributed by atoms with Crippen molar-refractivity contribution in [2.45, 2.75) is 13.5 Å². The summed E-state index contributed by atoms with van der Waals surface area (Å²) >= 11 is 6.03. The van der Waals surface area contributed by atoms with Crippen LogP contribution in [0.1, 0.15) is 11.4 Å². The molecule has 0 radical (unpaired) electrons. The van der Waals surface area contributed by atoms with Gasteiger partial charge in [0, 0.05) is 17.8 Å². The molecule has 102 valence electrons. The number of fused-ring (bicyclic) bond motifs is 1. The molecule has 3 nitrogen and oxygen atoms in total. The van der Waals surface area contributed by atoms with E-state index in [1.165, 1.54) is 5.56 Å². The maximum atomic E-state index is 6.03. The zero-order chi connectivity index (χ0) is 14.1. The third-order valence-electron chi connectivity index (χ3n) is 3.44. The molecule has 0 aliphatic carbocycles. The summed E-state index contributed by atoms with van der Waals surface area (Å²) in [6.45, 7) is 2.77. The highest BCUT2D eigenvalue weighted by atomic mass is 35.5. The van der Waals surface area contributed by atoms with Crippen LogP contribution < -0.4 is 5.32 Å². The number of nitrogens with one attached hydrogen (secondary N) is 1. The van der Waals surface area contributed by atoms with Gasteiger partial charge in [-0.1, -0.05) is 29.3 Å². The molecule has 0 saturated heterocycles. The van der Waals surface area contributed by atoms with E-state index in [2.05, 4.69) is 46.1 Å². The van der Waals surface area contributed by atoms with Crippen molar-refractivity contribution in [2.75, 3.05) is 5.32 Å². The first kappa shape index (κ1) is 13.0. The first-order valence-electron chi connectivity index (χ1n) is 6.55. The Kier molecular flexibility index (Phi) is 3.36. The van der Waals surface area contributed by atoms with Gasteiger partial charge in [0.25, 0.3) is 0 Å². The Bertz CT molecular complexity index is 744. The minimum absolute atomic E-state index is 0.686. The highest BCUT2D eigenvalue weighted by Gasteiger charge is 2.07. The summed E-state index contributed by atoms with van der Waals surface area (Å²) in [6, 6.07) is 14.1. The van der Waals surface area contributed by atoms with Gasteiger partial charge in [-0.05, 0) is 37.3 Å². The molecule has 0 fully saturated rings. The average molecular weight is 286 g/mol. The van der Waals surface area contributed by atoms with Gasteiger partial charge in [0.1, 0.15) is 5.82 Å². The molecule has 20 heavy (non-hydrogen) atoms. The maximum Gasteiger partial charge on any atom is 0.128 e. The lowest BCUT2D eigenvalue weighted by molar-refractivity contribution is 0.834. The zero-order valence-electron chi connectivity index (χ0n) is 11.5. The van der Waals surface area contributed by atoms with Gasteiger partial charge < -0.3 is 9.88 Å². The molecule has 3 rings (SSSR count). The molecular weight excluding hydrogens is 270 g/mol. The van der Waals surface area contributed by atoms with E-state index in [1.807, 2.05) is 25.2 Å². The molecule has 1 N–H and O–H groups in total. The molecule has 0 amide bonds. The Labute approximate surface area is 123 Å². The molecule has 3 aromatic rings. The second-order valence-corrected chi connectivity index (χ2v) is 5.38. The number of anilines is 1. The smallest absolute Gasteiger partial charge is 0.128 e. The minimum atomic E-state index is 0.686. The number of imidazole rings is 1. The van der Waals surface area contributed by atoms with E-state index in [-0.39, 0.29) is 0 Å². The second kappa shape index (κ2) is 5.17. The summed E-state index contributed by atoms with van der Waals surface area (Å²) in [5, 5.41) is 4.12. The van der Waals surface area contributed by atoms with Gasteiger partial charge in [-0.25, -0.2) is 4.98 Å². The van der Waals surface area contributed by atoms with Crippen molar-refractivity contribution in [3.05, 3.63) is 58.9 Å². The van der Waals surface area contributed by atoms with Crippen molar-refractivity contribution in [3.8, 4) is 0 Å². The Hall–Kier alpha value is -2.00. The number of aromatic nitrogens is 2. The second-order valence-electron chi connectivity index (χ2n) is 4.94. The van der Waals surface area contributed by atoms with Crippen LogP contribution >= 0.6 is 11.6 Å². The zero-order valence-corrected chi connectivity index (χ0v) is 12.3. The summed E-state index contributed by atoms with van der Waals surface area (Å²) in [5.41, 5.74) is 4.38. The number of aryl methyl sites for hydroxylation is 2. The van der Waals surface area contributed by atoms with Gasteiger partial charge >= 0.3 is 0 Å². The average Bonchev–Trinajstić information content (AvgIpc) is 2.75. The number of benzene rings is 2. The van der Waals surface area contributed by atoms with Gasteiger partial charge in [0.15, 0.2) is 0 Å². The predicted molar refractivity (Wildman–Crippen MR) is 84.2 cm³/mol. The lowest BCUT2D eigenvalue weighted by Crippen LogP contribution is -2.05. The van der Waals surface area contributed by atoms with Crippen LogP contribution in [-0.2, 0) is 13.6 Å². The molecule has 2 aromatic carbocycles. The minimum Gasteiger partial charge on any atom is -0.378 e. The molecule has 1 heterocycles. The van der Waals surface area contributed by atoms with Crippen molar-refractivity contribution < 1.29 is 0 Å². The predicted octanol–water partition coefficient (Wildman–Crippen LogP) is 4.15. The lowest BCUT2D eigenvalue weighted by atomic mass is 10.2. The van der Waals surface area contributed by atoms with E-state index in [4.69, 9.17) is 11.6 Å². The van der Waals surface area contributed by atoms with Crippen LogP contribution in [0.4, 0.5) is 5.69 Å². The van der Waals surface area contributed by atoms with Crippen molar-refractivity contribution >= 4 is 28.3 Å². The van der Waals surface area contributed by atoms with E-state index >= 15 is 0 Å². The number of rotatable bonds is 3. The maximum absolute atomic E-state index is 6.03. The number of hydrogen-bond donors (Lipinski definition) is 1. The molecule has 0 saturated carbocycles. The topological polar surface area (TPSA) is 29.9 Å². The van der Waals surface area contributed by atoms with E-state index in [1.54, 1.807) is 0 Å². The van der Waals surface area contributed by atoms with Crippen LogP contribution in [0.5, 0.6) is 0 Å². The largest absolute Gasteiger partial charge is 0.378 e. The molecule has 0 aliphatic rings. The van der Waals surface area contributed by atoms with Crippen molar-refractivity contribution in [3.63, 3.8) is 0 Å². The third kappa shape index (κ3) is 2.49. The van der Waals surface area contributed by atoms with E-state index < -0.39 is 0 Å². The lowest BCUT2D eigenvalue weighted by Gasteiger charge is -2.07. The standard InChI is InChI=1S/C16H16ClN3/c1-11-3-6-13(7-4-11)18-10-16-19-14-8-5-12(17)9-15(14)20(16)2/h3-9,18H,10H2,1-2H3. The van der Waals surface area contributed by atoms with Gasteiger partial charge in [0.05, 0.1) is 17.6 Å². The van der Waals surface area contributed by atoms with E-state index in [0.717, 1.165) is 27.6 Å². The summed E-state index contributed by atoms with van der Waals surface area (Å²) in [7, 11) is 2.01. The molecule has 0 atom stereocenters. The van der Waals surface area contributed by atoms with Crippen LogP contribution in [0.25, 0.3) is 11.0 Å². The summed E-state index contributed by atoms with van der Waals surface area (Å²) in [6.07, 6.45) is 0. The fourth-order valence-corrected chi connectivity index (χ4v) is 2.39. The normalized spacial score (nSPS) is 10.9. The molecule has 0 bridgehead atoms. The Morgan fingerprint density at radius 1 is 1.15 bits per heavy atom. The first-order valence-corrected chi connectivity index (χ1v) is 6.93. The number of hydrogen-bond acceptors (Lipinski definition) is 2. The Morgan fingerprint density at radius 3 is 2.65 bits per heavy atom. The summed E-state index contributed by atoms with van der Waals surface area (Å²) in [5.74, 6) is 0.989. The van der Waals surface area contributed by atoms with E-state index in [9.17, 15) is 0 Å². The number of nitrogens with zero attached hydrogens (tertiary/aromatic N) is 2.